The minimum Gasteiger partial charge on any atom is -0.291 e. The van der Waals surface area contributed by atoms with Gasteiger partial charge in [-0.3, -0.25) is 9.80 Å². The third-order valence-electron chi connectivity index (χ3n) is 5.73. The first-order valence-electron chi connectivity index (χ1n) is 12.0. The van der Waals surface area contributed by atoms with Gasteiger partial charge in [0.15, 0.2) is 0 Å². The molecule has 2 aromatic carbocycles. The molecule has 2 aromatic rings. The molecule has 0 bridgehead atoms. The van der Waals surface area contributed by atoms with Gasteiger partial charge < -0.3 is 0 Å². The van der Waals surface area contributed by atoms with E-state index in [0.717, 1.165) is 5.57 Å². The lowest BCUT2D eigenvalue weighted by atomic mass is 10.00. The van der Waals surface area contributed by atoms with Crippen LogP contribution in [0.15, 0.2) is 61.2 Å². The van der Waals surface area contributed by atoms with Crippen molar-refractivity contribution >= 4 is 20.3 Å². The summed E-state index contributed by atoms with van der Waals surface area (Å²) in [6.07, 6.45) is 4.92. The van der Waals surface area contributed by atoms with E-state index in [2.05, 4.69) is 98.7 Å². The highest BCUT2D eigenvalue weighted by Gasteiger charge is 2.24. The summed E-state index contributed by atoms with van der Waals surface area (Å²) in [6.45, 7) is 18.4. The van der Waals surface area contributed by atoms with E-state index >= 15 is 0 Å². The van der Waals surface area contributed by atoms with Gasteiger partial charge in [-0.15, -0.1) is 0 Å². The molecule has 0 aromatic heterocycles. The van der Waals surface area contributed by atoms with E-state index < -0.39 is 9.52 Å². The molecule has 0 heterocycles. The van der Waals surface area contributed by atoms with E-state index in [9.17, 15) is 0 Å². The lowest BCUT2D eigenvalue weighted by molar-refractivity contribution is 0.0962. The van der Waals surface area contributed by atoms with Gasteiger partial charge in [-0.2, -0.15) is 0 Å². The van der Waals surface area contributed by atoms with Gasteiger partial charge in [0.1, 0.15) is 0 Å². The van der Waals surface area contributed by atoms with Gasteiger partial charge in [-0.1, -0.05) is 94.1 Å². The zero-order valence-corrected chi connectivity index (χ0v) is 21.2. The van der Waals surface area contributed by atoms with Crippen LogP contribution in [0.25, 0.3) is 5.57 Å². The summed E-state index contributed by atoms with van der Waals surface area (Å²) >= 11 is 0. The highest BCUT2D eigenvalue weighted by atomic mass is 28.2. The first-order valence-corrected chi connectivity index (χ1v) is 13.5. The molecule has 0 saturated carbocycles. The van der Waals surface area contributed by atoms with Crippen molar-refractivity contribution in [2.24, 2.45) is 0 Å². The van der Waals surface area contributed by atoms with Crippen LogP contribution in [0.4, 0.5) is 0 Å². The highest BCUT2D eigenvalue weighted by Crippen LogP contribution is 2.20. The smallest absolute Gasteiger partial charge is 0.0922 e. The van der Waals surface area contributed by atoms with Gasteiger partial charge in [0.05, 0.1) is 15.3 Å². The summed E-state index contributed by atoms with van der Waals surface area (Å²) < 4.78 is 0. The van der Waals surface area contributed by atoms with Gasteiger partial charge in [0.25, 0.3) is 0 Å². The third kappa shape index (κ3) is 7.23. The molecule has 0 unspecified atom stereocenters. The van der Waals surface area contributed by atoms with E-state index in [1.807, 2.05) is 0 Å². The Morgan fingerprint density at radius 1 is 0.700 bits per heavy atom. The van der Waals surface area contributed by atoms with E-state index in [0.29, 0.717) is 5.79 Å². The molecule has 0 radical (unpaired) electrons. The molecule has 0 atom stereocenters. The maximum Gasteiger partial charge on any atom is 0.0922 e. The Morgan fingerprint density at radius 2 is 1.13 bits per heavy atom. The number of hydrogen-bond donors (Lipinski definition) is 0. The van der Waals surface area contributed by atoms with Crippen molar-refractivity contribution < 1.29 is 0 Å². The van der Waals surface area contributed by atoms with Crippen LogP contribution < -0.4 is 5.19 Å². The van der Waals surface area contributed by atoms with Crippen LogP contribution in [0, 0.1) is 0 Å². The minimum absolute atomic E-state index is 0.455. The molecule has 0 amide bonds. The zero-order chi connectivity index (χ0) is 21.8. The zero-order valence-electron chi connectivity index (χ0n) is 19.7. The molecule has 2 rings (SSSR count). The van der Waals surface area contributed by atoms with Crippen LogP contribution >= 0.6 is 0 Å². The van der Waals surface area contributed by atoms with Gasteiger partial charge >= 0.3 is 0 Å². The summed E-state index contributed by atoms with van der Waals surface area (Å²) in [6, 6.07) is 19.8. The SMILES string of the molecule is C=C(c1ccccc1)c1ccc([SiH2]C(N(CCC)CCC)N(CCC)CCC)cc1. The second-order valence-electron chi connectivity index (χ2n) is 8.30. The van der Waals surface area contributed by atoms with Crippen LogP contribution in [0.2, 0.25) is 0 Å². The maximum absolute atomic E-state index is 4.33. The lowest BCUT2D eigenvalue weighted by Gasteiger charge is -2.40. The van der Waals surface area contributed by atoms with Crippen molar-refractivity contribution in [1.82, 2.24) is 9.80 Å². The van der Waals surface area contributed by atoms with Crippen molar-refractivity contribution in [3.63, 3.8) is 0 Å². The maximum atomic E-state index is 4.33. The molecule has 0 aliphatic heterocycles. The molecule has 164 valence electrons. The number of hydrogen-bond acceptors (Lipinski definition) is 2. The topological polar surface area (TPSA) is 6.48 Å². The third-order valence-corrected chi connectivity index (χ3v) is 8.07. The normalized spacial score (nSPS) is 12.0. The Hall–Kier alpha value is -1.68. The molecule has 0 saturated heterocycles. The lowest BCUT2D eigenvalue weighted by Crippen LogP contribution is -2.55. The predicted molar refractivity (Wildman–Crippen MR) is 137 cm³/mol. The predicted octanol–water partition coefficient (Wildman–Crippen LogP) is 5.07. The van der Waals surface area contributed by atoms with Crippen molar-refractivity contribution in [3.05, 3.63) is 72.3 Å². The average Bonchev–Trinajstić information content (AvgIpc) is 2.78. The number of benzene rings is 2. The molecular weight excluding hydrogens is 380 g/mol. The average molecular weight is 423 g/mol. The fraction of sp³-hybridized carbons (Fsp3) is 0.481. The van der Waals surface area contributed by atoms with E-state index in [1.165, 1.54) is 63.0 Å². The Bertz CT molecular complexity index is 698. The van der Waals surface area contributed by atoms with Crippen LogP contribution in [-0.4, -0.2) is 51.3 Å². The quantitative estimate of drug-likeness (QED) is 0.310. The van der Waals surface area contributed by atoms with E-state index in [-0.39, 0.29) is 0 Å². The van der Waals surface area contributed by atoms with Crippen molar-refractivity contribution in [3.8, 4) is 0 Å². The second-order valence-corrected chi connectivity index (χ2v) is 10.3. The Balaban J connectivity index is 2.21. The molecule has 0 fully saturated rings. The van der Waals surface area contributed by atoms with E-state index in [4.69, 9.17) is 0 Å². The minimum atomic E-state index is -0.455. The summed E-state index contributed by atoms with van der Waals surface area (Å²) in [4.78, 5) is 5.54. The highest BCUT2D eigenvalue weighted by molar-refractivity contribution is 6.54. The number of rotatable bonds is 14. The summed E-state index contributed by atoms with van der Waals surface area (Å²) in [5.74, 6) is 0.618. The second kappa shape index (κ2) is 13.6. The molecule has 3 heteroatoms. The summed E-state index contributed by atoms with van der Waals surface area (Å²) in [5, 5.41) is 1.55. The Kier molecular flexibility index (Phi) is 11.1. The molecular formula is C27H42N2Si. The largest absolute Gasteiger partial charge is 0.291 e. The van der Waals surface area contributed by atoms with Gasteiger partial charge in [0, 0.05) is 0 Å². The number of nitrogens with zero attached hydrogens (tertiary/aromatic N) is 2. The molecule has 2 nitrogen and oxygen atoms in total. The fourth-order valence-corrected chi connectivity index (χ4v) is 6.49. The van der Waals surface area contributed by atoms with Gasteiger partial charge in [0.2, 0.25) is 0 Å². The summed E-state index contributed by atoms with van der Waals surface area (Å²) in [5.41, 5.74) is 3.54. The Morgan fingerprint density at radius 3 is 1.57 bits per heavy atom. The van der Waals surface area contributed by atoms with Crippen LogP contribution in [0.3, 0.4) is 0 Å². The first kappa shape index (κ1) is 24.6. The van der Waals surface area contributed by atoms with Gasteiger partial charge in [-0.05, 0) is 68.6 Å². The van der Waals surface area contributed by atoms with Crippen molar-refractivity contribution in [2.75, 3.05) is 26.2 Å². The summed E-state index contributed by atoms with van der Waals surface area (Å²) in [7, 11) is -0.455. The first-order chi connectivity index (χ1) is 14.6. The Labute approximate surface area is 187 Å². The molecule has 0 N–H and O–H groups in total. The monoisotopic (exact) mass is 422 g/mol. The molecule has 0 aliphatic rings. The van der Waals surface area contributed by atoms with Crippen LogP contribution in [0.1, 0.15) is 64.5 Å². The standard InChI is InChI=1S/C27H42N2Si/c1-6-19-28(20-7-2)27(29(21-8-3)22-9-4)30-26-17-15-25(16-18-26)23(5)24-13-11-10-12-14-24/h10-18,27H,5-9,19-22,30H2,1-4H3. The fourth-order valence-electron chi connectivity index (χ4n) is 4.32. The van der Waals surface area contributed by atoms with Crippen molar-refractivity contribution in [1.29, 1.82) is 0 Å². The van der Waals surface area contributed by atoms with Crippen LogP contribution in [0.5, 0.6) is 0 Å². The molecule has 0 spiro atoms. The molecule has 30 heavy (non-hydrogen) atoms. The van der Waals surface area contributed by atoms with Crippen molar-refractivity contribution in [2.45, 2.75) is 59.2 Å². The molecule has 0 aliphatic carbocycles. The van der Waals surface area contributed by atoms with Crippen LogP contribution in [-0.2, 0) is 0 Å². The van der Waals surface area contributed by atoms with E-state index in [1.54, 1.807) is 5.19 Å². The van der Waals surface area contributed by atoms with Gasteiger partial charge in [-0.25, -0.2) is 0 Å².